The summed E-state index contributed by atoms with van der Waals surface area (Å²) in [6.45, 7) is 7.99. The molecule has 2 aromatic carbocycles. The summed E-state index contributed by atoms with van der Waals surface area (Å²) >= 11 is 0. The van der Waals surface area contributed by atoms with Gasteiger partial charge in [0.2, 0.25) is 0 Å². The van der Waals surface area contributed by atoms with Crippen molar-refractivity contribution in [3.8, 4) is 5.75 Å². The summed E-state index contributed by atoms with van der Waals surface area (Å²) in [6.07, 6.45) is 1.69. The number of carbonyl (C=O) groups excluding carboxylic acids is 2. The quantitative estimate of drug-likeness (QED) is 0.402. The Bertz CT molecular complexity index is 797. The van der Waals surface area contributed by atoms with Gasteiger partial charge >= 0.3 is 5.97 Å². The van der Waals surface area contributed by atoms with E-state index in [1.54, 1.807) is 36.4 Å². The molecule has 0 spiro atoms. The molecule has 0 heterocycles. The molecule has 2 rings (SSSR count). The Morgan fingerprint density at radius 3 is 2.22 bits per heavy atom. The third-order valence-electron chi connectivity index (χ3n) is 4.48. The maximum absolute atomic E-state index is 13.0. The van der Waals surface area contributed by atoms with Gasteiger partial charge in [-0.3, -0.25) is 4.79 Å². The van der Waals surface area contributed by atoms with Gasteiger partial charge in [0.05, 0.1) is 17.7 Å². The molecule has 0 atom stereocenters. The molecule has 2 aromatic rings. The lowest BCUT2D eigenvalue weighted by atomic mass is 9.97. The SMILES string of the molecule is CCCCOC(=O)c1ccccc1C(=O)c1ccc(N(CC)CC)cc1O. The number of rotatable bonds is 9. The Labute approximate surface area is 160 Å². The Kier molecular flexibility index (Phi) is 7.41. The van der Waals surface area contributed by atoms with Gasteiger partial charge in [0.1, 0.15) is 5.75 Å². The number of carbonyl (C=O) groups is 2. The monoisotopic (exact) mass is 369 g/mol. The van der Waals surface area contributed by atoms with Gasteiger partial charge in [-0.05, 0) is 38.5 Å². The Morgan fingerprint density at radius 1 is 0.963 bits per heavy atom. The van der Waals surface area contributed by atoms with Crippen molar-refractivity contribution in [2.45, 2.75) is 33.6 Å². The van der Waals surface area contributed by atoms with Gasteiger partial charge in [-0.2, -0.15) is 0 Å². The summed E-state index contributed by atoms with van der Waals surface area (Å²) in [6, 6.07) is 11.5. The van der Waals surface area contributed by atoms with Gasteiger partial charge in [0, 0.05) is 30.4 Å². The van der Waals surface area contributed by atoms with Gasteiger partial charge < -0.3 is 14.7 Å². The first kappa shape index (κ1) is 20.5. The molecule has 0 bridgehead atoms. The molecule has 0 amide bonds. The number of phenolic OH excluding ortho intramolecular Hbond substituents is 1. The number of ether oxygens (including phenoxy) is 1. The van der Waals surface area contributed by atoms with Gasteiger partial charge in [-0.15, -0.1) is 0 Å². The van der Waals surface area contributed by atoms with E-state index >= 15 is 0 Å². The predicted octanol–water partition coefficient (Wildman–Crippen LogP) is 4.43. The molecule has 1 N–H and O–H groups in total. The third-order valence-corrected chi connectivity index (χ3v) is 4.48. The summed E-state index contributed by atoms with van der Waals surface area (Å²) in [7, 11) is 0. The van der Waals surface area contributed by atoms with E-state index in [-0.39, 0.29) is 22.4 Å². The minimum atomic E-state index is -0.522. The molecule has 5 nitrogen and oxygen atoms in total. The second-order valence-electron chi connectivity index (χ2n) is 6.24. The largest absolute Gasteiger partial charge is 0.507 e. The lowest BCUT2D eigenvalue weighted by molar-refractivity contribution is 0.0497. The Morgan fingerprint density at radius 2 is 1.63 bits per heavy atom. The van der Waals surface area contributed by atoms with Crippen LogP contribution in [0.1, 0.15) is 59.9 Å². The maximum Gasteiger partial charge on any atom is 0.338 e. The highest BCUT2D eigenvalue weighted by Gasteiger charge is 2.21. The first-order valence-corrected chi connectivity index (χ1v) is 9.42. The van der Waals surface area contributed by atoms with Crippen molar-refractivity contribution < 1.29 is 19.4 Å². The zero-order valence-corrected chi connectivity index (χ0v) is 16.2. The lowest BCUT2D eigenvalue weighted by Crippen LogP contribution is -2.21. The molecule has 144 valence electrons. The average Bonchev–Trinajstić information content (AvgIpc) is 2.68. The number of unbranched alkanes of at least 4 members (excludes halogenated alkanes) is 1. The number of benzene rings is 2. The van der Waals surface area contributed by atoms with Gasteiger partial charge in [0.15, 0.2) is 5.78 Å². The van der Waals surface area contributed by atoms with E-state index < -0.39 is 11.8 Å². The van der Waals surface area contributed by atoms with Crippen LogP contribution in [-0.4, -0.2) is 36.6 Å². The predicted molar refractivity (Wildman–Crippen MR) is 107 cm³/mol. The molecule has 0 fully saturated rings. The molecule has 0 aliphatic carbocycles. The van der Waals surface area contributed by atoms with Crippen LogP contribution in [0.25, 0.3) is 0 Å². The highest BCUT2D eigenvalue weighted by molar-refractivity contribution is 6.15. The first-order valence-electron chi connectivity index (χ1n) is 9.42. The molecule has 0 unspecified atom stereocenters. The first-order chi connectivity index (χ1) is 13.0. The molecular formula is C22H27NO4. The van der Waals surface area contributed by atoms with E-state index in [4.69, 9.17) is 4.74 Å². The lowest BCUT2D eigenvalue weighted by Gasteiger charge is -2.21. The Balaban J connectivity index is 2.32. The fraction of sp³-hybridized carbons (Fsp3) is 0.364. The van der Waals surface area contributed by atoms with E-state index in [9.17, 15) is 14.7 Å². The fourth-order valence-corrected chi connectivity index (χ4v) is 2.89. The maximum atomic E-state index is 13.0. The van der Waals surface area contributed by atoms with Crippen LogP contribution in [0.15, 0.2) is 42.5 Å². The number of ketones is 1. The van der Waals surface area contributed by atoms with Crippen molar-refractivity contribution in [1.29, 1.82) is 0 Å². The van der Waals surface area contributed by atoms with Crippen LogP contribution in [0.2, 0.25) is 0 Å². The highest BCUT2D eigenvalue weighted by atomic mass is 16.5. The molecule has 0 saturated heterocycles. The van der Waals surface area contributed by atoms with Crippen LogP contribution >= 0.6 is 0 Å². The topological polar surface area (TPSA) is 66.8 Å². The molecule has 0 aliphatic heterocycles. The van der Waals surface area contributed by atoms with Crippen molar-refractivity contribution in [2.24, 2.45) is 0 Å². The molecular weight excluding hydrogens is 342 g/mol. The van der Waals surface area contributed by atoms with E-state index in [0.717, 1.165) is 31.6 Å². The summed E-state index contributed by atoms with van der Waals surface area (Å²) in [5.74, 6) is -1.02. The van der Waals surface area contributed by atoms with Crippen LogP contribution in [0, 0.1) is 0 Å². The van der Waals surface area contributed by atoms with Crippen LogP contribution < -0.4 is 4.90 Å². The van der Waals surface area contributed by atoms with E-state index in [1.807, 2.05) is 26.8 Å². The van der Waals surface area contributed by atoms with E-state index in [0.29, 0.717) is 6.61 Å². The van der Waals surface area contributed by atoms with Gasteiger partial charge in [-0.1, -0.05) is 31.5 Å². The zero-order chi connectivity index (χ0) is 19.8. The summed E-state index contributed by atoms with van der Waals surface area (Å²) < 4.78 is 5.24. The smallest absolute Gasteiger partial charge is 0.338 e. The zero-order valence-electron chi connectivity index (χ0n) is 16.2. The number of hydrogen-bond donors (Lipinski definition) is 1. The van der Waals surface area contributed by atoms with Crippen molar-refractivity contribution >= 4 is 17.4 Å². The normalized spacial score (nSPS) is 10.5. The van der Waals surface area contributed by atoms with E-state index in [2.05, 4.69) is 4.90 Å². The van der Waals surface area contributed by atoms with Crippen molar-refractivity contribution in [1.82, 2.24) is 0 Å². The number of hydrogen-bond acceptors (Lipinski definition) is 5. The van der Waals surface area contributed by atoms with Crippen LogP contribution in [0.4, 0.5) is 5.69 Å². The average molecular weight is 369 g/mol. The van der Waals surface area contributed by atoms with Crippen molar-refractivity contribution in [2.75, 3.05) is 24.6 Å². The minimum absolute atomic E-state index is 0.0986. The number of phenols is 1. The van der Waals surface area contributed by atoms with E-state index in [1.165, 1.54) is 0 Å². The number of anilines is 1. The highest BCUT2D eigenvalue weighted by Crippen LogP contribution is 2.27. The van der Waals surface area contributed by atoms with Gasteiger partial charge in [-0.25, -0.2) is 4.79 Å². The number of nitrogens with zero attached hydrogens (tertiary/aromatic N) is 1. The second kappa shape index (κ2) is 9.76. The standard InChI is InChI=1S/C22H27NO4/c1-4-7-14-27-22(26)18-11-9-8-10-17(18)21(25)19-13-12-16(15-20(19)24)23(5-2)6-3/h8-13,15,24H,4-7,14H2,1-3H3. The molecule has 0 aromatic heterocycles. The summed E-state index contributed by atoms with van der Waals surface area (Å²) in [4.78, 5) is 27.4. The van der Waals surface area contributed by atoms with Crippen LogP contribution in [0.5, 0.6) is 5.75 Å². The molecule has 0 saturated carbocycles. The second-order valence-corrected chi connectivity index (χ2v) is 6.24. The summed E-state index contributed by atoms with van der Waals surface area (Å²) in [5, 5.41) is 10.4. The van der Waals surface area contributed by atoms with Crippen LogP contribution in [-0.2, 0) is 4.74 Å². The summed E-state index contributed by atoms with van der Waals surface area (Å²) in [5.41, 5.74) is 1.46. The number of esters is 1. The molecule has 5 heteroatoms. The van der Waals surface area contributed by atoms with Crippen molar-refractivity contribution in [3.05, 3.63) is 59.2 Å². The Hall–Kier alpha value is -2.82. The third kappa shape index (κ3) is 4.88. The van der Waals surface area contributed by atoms with Crippen molar-refractivity contribution in [3.63, 3.8) is 0 Å². The van der Waals surface area contributed by atoms with Crippen LogP contribution in [0.3, 0.4) is 0 Å². The fourth-order valence-electron chi connectivity index (χ4n) is 2.89. The minimum Gasteiger partial charge on any atom is -0.507 e. The van der Waals surface area contributed by atoms with Gasteiger partial charge in [0.25, 0.3) is 0 Å². The molecule has 27 heavy (non-hydrogen) atoms. The number of aromatic hydroxyl groups is 1. The molecule has 0 aliphatic rings. The molecule has 0 radical (unpaired) electrons.